The summed E-state index contributed by atoms with van der Waals surface area (Å²) < 4.78 is 39.2. The topological polar surface area (TPSA) is 49.5 Å². The third-order valence-corrected chi connectivity index (χ3v) is 3.49. The second kappa shape index (κ2) is 5.28. The monoisotopic (exact) mass is 274 g/mol. The van der Waals surface area contributed by atoms with Crippen molar-refractivity contribution in [2.24, 2.45) is 0 Å². The standard InChI is InChI=1S/C13H17F3N2O/c14-13(15,16)11-8-9(17)4-5-12(11)18(6-7-19)10-2-1-3-10/h4-5,8,10,19H,1-3,6-7,17H2. The van der Waals surface area contributed by atoms with Gasteiger partial charge in [0.25, 0.3) is 0 Å². The van der Waals surface area contributed by atoms with E-state index in [1.54, 1.807) is 4.90 Å². The van der Waals surface area contributed by atoms with Gasteiger partial charge in [0, 0.05) is 24.0 Å². The number of nitrogens with two attached hydrogens (primary N) is 1. The highest BCUT2D eigenvalue weighted by atomic mass is 19.4. The molecule has 1 aliphatic rings. The largest absolute Gasteiger partial charge is 0.418 e. The summed E-state index contributed by atoms with van der Waals surface area (Å²) in [6.45, 7) is 0.0375. The van der Waals surface area contributed by atoms with E-state index in [1.165, 1.54) is 12.1 Å². The number of aliphatic hydroxyl groups is 1. The molecule has 0 radical (unpaired) electrons. The smallest absolute Gasteiger partial charge is 0.399 e. The number of hydrogen-bond acceptors (Lipinski definition) is 3. The molecule has 6 heteroatoms. The number of nitrogens with zero attached hydrogens (tertiary/aromatic N) is 1. The van der Waals surface area contributed by atoms with Crippen LogP contribution < -0.4 is 10.6 Å². The second-order valence-electron chi connectivity index (χ2n) is 4.78. The number of hydrogen-bond donors (Lipinski definition) is 2. The quantitative estimate of drug-likeness (QED) is 0.830. The highest BCUT2D eigenvalue weighted by Gasteiger charge is 2.37. The molecule has 3 nitrogen and oxygen atoms in total. The van der Waals surface area contributed by atoms with Gasteiger partial charge in [-0.25, -0.2) is 0 Å². The van der Waals surface area contributed by atoms with Crippen LogP contribution >= 0.6 is 0 Å². The molecule has 3 N–H and O–H groups in total. The molecule has 0 heterocycles. The van der Waals surface area contributed by atoms with Gasteiger partial charge in [0.15, 0.2) is 0 Å². The summed E-state index contributed by atoms with van der Waals surface area (Å²) in [5.41, 5.74) is 4.93. The van der Waals surface area contributed by atoms with Crippen LogP contribution in [-0.2, 0) is 6.18 Å². The number of anilines is 2. The second-order valence-corrected chi connectivity index (χ2v) is 4.78. The van der Waals surface area contributed by atoms with Gasteiger partial charge in [0.1, 0.15) is 0 Å². The number of rotatable bonds is 4. The molecule has 0 amide bonds. The van der Waals surface area contributed by atoms with Gasteiger partial charge in [-0.3, -0.25) is 0 Å². The van der Waals surface area contributed by atoms with E-state index >= 15 is 0 Å². The maximum absolute atomic E-state index is 13.1. The Balaban J connectivity index is 2.40. The van der Waals surface area contributed by atoms with Gasteiger partial charge in [-0.1, -0.05) is 0 Å². The molecule has 2 rings (SSSR count). The molecule has 1 fully saturated rings. The van der Waals surface area contributed by atoms with Crippen LogP contribution in [0.2, 0.25) is 0 Å². The normalized spacial score (nSPS) is 16.2. The van der Waals surface area contributed by atoms with Crippen molar-refractivity contribution in [3.05, 3.63) is 23.8 Å². The first-order chi connectivity index (χ1) is 8.93. The first-order valence-electron chi connectivity index (χ1n) is 6.27. The van der Waals surface area contributed by atoms with Crippen LogP contribution in [0, 0.1) is 0 Å². The number of halogens is 3. The Hall–Kier alpha value is -1.43. The Kier molecular flexibility index (Phi) is 3.89. The van der Waals surface area contributed by atoms with E-state index in [0.717, 1.165) is 25.3 Å². The zero-order chi connectivity index (χ0) is 14.0. The summed E-state index contributed by atoms with van der Waals surface area (Å²) in [4.78, 5) is 1.64. The van der Waals surface area contributed by atoms with Crippen molar-refractivity contribution in [2.45, 2.75) is 31.5 Å². The molecule has 19 heavy (non-hydrogen) atoms. The molecule has 1 aliphatic carbocycles. The Morgan fingerprint density at radius 3 is 2.47 bits per heavy atom. The maximum Gasteiger partial charge on any atom is 0.418 e. The molecule has 0 saturated heterocycles. The van der Waals surface area contributed by atoms with Crippen LogP contribution in [0.1, 0.15) is 24.8 Å². The fourth-order valence-electron chi connectivity index (χ4n) is 2.34. The van der Waals surface area contributed by atoms with Crippen molar-refractivity contribution in [1.29, 1.82) is 0 Å². The van der Waals surface area contributed by atoms with Gasteiger partial charge in [-0.2, -0.15) is 13.2 Å². The summed E-state index contributed by atoms with van der Waals surface area (Å²) in [7, 11) is 0. The fraction of sp³-hybridized carbons (Fsp3) is 0.538. The van der Waals surface area contributed by atoms with Crippen LogP contribution in [0.15, 0.2) is 18.2 Å². The Morgan fingerprint density at radius 2 is 2.00 bits per heavy atom. The first kappa shape index (κ1) is 14.0. The molecule has 1 aromatic rings. The van der Waals surface area contributed by atoms with Gasteiger partial charge in [-0.05, 0) is 37.5 Å². The van der Waals surface area contributed by atoms with E-state index in [1.807, 2.05) is 0 Å². The highest BCUT2D eigenvalue weighted by molar-refractivity contribution is 5.61. The van der Waals surface area contributed by atoms with Gasteiger partial charge < -0.3 is 15.7 Å². The van der Waals surface area contributed by atoms with E-state index in [0.29, 0.717) is 0 Å². The average molecular weight is 274 g/mol. The maximum atomic E-state index is 13.1. The lowest BCUT2D eigenvalue weighted by molar-refractivity contribution is -0.137. The highest BCUT2D eigenvalue weighted by Crippen LogP contribution is 2.40. The zero-order valence-electron chi connectivity index (χ0n) is 10.5. The third-order valence-electron chi connectivity index (χ3n) is 3.49. The van der Waals surface area contributed by atoms with Crippen molar-refractivity contribution in [3.63, 3.8) is 0 Å². The van der Waals surface area contributed by atoms with Crippen molar-refractivity contribution < 1.29 is 18.3 Å². The van der Waals surface area contributed by atoms with E-state index in [9.17, 15) is 13.2 Å². The minimum atomic E-state index is -4.44. The molecule has 1 aromatic carbocycles. The van der Waals surface area contributed by atoms with Crippen LogP contribution in [-0.4, -0.2) is 24.3 Å². The summed E-state index contributed by atoms with van der Waals surface area (Å²) in [5, 5.41) is 9.07. The molecule has 0 aliphatic heterocycles. The average Bonchev–Trinajstić information content (AvgIpc) is 2.25. The number of alkyl halides is 3. The SMILES string of the molecule is Nc1ccc(N(CCO)C2CCC2)c(C(F)(F)F)c1. The summed E-state index contributed by atoms with van der Waals surface area (Å²) >= 11 is 0. The molecule has 0 aromatic heterocycles. The fourth-order valence-corrected chi connectivity index (χ4v) is 2.34. The molecular weight excluding hydrogens is 257 g/mol. The van der Waals surface area contributed by atoms with Gasteiger partial charge in [0.2, 0.25) is 0 Å². The van der Waals surface area contributed by atoms with Crippen molar-refractivity contribution in [1.82, 2.24) is 0 Å². The van der Waals surface area contributed by atoms with E-state index < -0.39 is 11.7 Å². The Bertz CT molecular complexity index is 444. The summed E-state index contributed by atoms with van der Waals surface area (Å²) in [5.74, 6) is 0. The number of benzene rings is 1. The van der Waals surface area contributed by atoms with Crippen molar-refractivity contribution in [3.8, 4) is 0 Å². The van der Waals surface area contributed by atoms with Gasteiger partial charge >= 0.3 is 6.18 Å². The van der Waals surface area contributed by atoms with Crippen LogP contribution in [0.25, 0.3) is 0 Å². The van der Waals surface area contributed by atoms with Crippen molar-refractivity contribution >= 4 is 11.4 Å². The molecule has 0 atom stereocenters. The van der Waals surface area contributed by atoms with Crippen LogP contribution in [0.5, 0.6) is 0 Å². The molecular formula is C13H17F3N2O. The zero-order valence-corrected chi connectivity index (χ0v) is 10.5. The summed E-state index contributed by atoms with van der Waals surface area (Å²) in [6.07, 6.45) is -1.70. The van der Waals surface area contributed by atoms with Crippen molar-refractivity contribution in [2.75, 3.05) is 23.8 Å². The van der Waals surface area contributed by atoms with E-state index in [4.69, 9.17) is 10.8 Å². The number of nitrogen functional groups attached to an aromatic ring is 1. The molecule has 0 unspecified atom stereocenters. The van der Waals surface area contributed by atoms with E-state index in [2.05, 4.69) is 0 Å². The van der Waals surface area contributed by atoms with Gasteiger partial charge in [0.05, 0.1) is 12.2 Å². The predicted octanol–water partition coefficient (Wildman–Crippen LogP) is 2.64. The lowest BCUT2D eigenvalue weighted by Gasteiger charge is -2.40. The van der Waals surface area contributed by atoms with Gasteiger partial charge in [-0.15, -0.1) is 0 Å². The minimum Gasteiger partial charge on any atom is -0.399 e. The molecule has 106 valence electrons. The lowest BCUT2D eigenvalue weighted by atomic mass is 9.90. The van der Waals surface area contributed by atoms with Crippen LogP contribution in [0.4, 0.5) is 24.5 Å². The Morgan fingerprint density at radius 1 is 1.32 bits per heavy atom. The Labute approximate surface area is 109 Å². The molecule has 0 bridgehead atoms. The lowest BCUT2D eigenvalue weighted by Crippen LogP contribution is -2.42. The predicted molar refractivity (Wildman–Crippen MR) is 67.9 cm³/mol. The van der Waals surface area contributed by atoms with E-state index in [-0.39, 0.29) is 30.6 Å². The van der Waals surface area contributed by atoms with Crippen LogP contribution in [0.3, 0.4) is 0 Å². The molecule has 0 spiro atoms. The minimum absolute atomic E-state index is 0.0804. The third kappa shape index (κ3) is 2.94. The summed E-state index contributed by atoms with van der Waals surface area (Å²) in [6, 6.07) is 3.90. The first-order valence-corrected chi connectivity index (χ1v) is 6.27. The molecule has 1 saturated carbocycles. The number of aliphatic hydroxyl groups excluding tert-OH is 1.